The van der Waals surface area contributed by atoms with Crippen molar-refractivity contribution in [3.05, 3.63) is 23.3 Å². The van der Waals surface area contributed by atoms with E-state index in [-0.39, 0.29) is 23.1 Å². The fraction of sp³-hybridized carbons (Fsp3) is 0.500. The van der Waals surface area contributed by atoms with Crippen LogP contribution >= 0.6 is 0 Å². The molecule has 1 aliphatic rings. The fourth-order valence-electron chi connectivity index (χ4n) is 1.11. The third kappa shape index (κ3) is 1.14. The number of nitrogens with two attached hydrogens (primary N) is 1. The molecule has 1 atom stereocenters. The van der Waals surface area contributed by atoms with Crippen molar-refractivity contribution < 1.29 is 19.4 Å². The summed E-state index contributed by atoms with van der Waals surface area (Å²) >= 11 is -0.315. The molecule has 1 aliphatic carbocycles. The van der Waals surface area contributed by atoms with Crippen molar-refractivity contribution in [3.63, 3.8) is 0 Å². The summed E-state index contributed by atoms with van der Waals surface area (Å²) in [6, 6.07) is 0. The Labute approximate surface area is 71.6 Å². The van der Waals surface area contributed by atoms with Gasteiger partial charge in [-0.25, -0.2) is 0 Å². The van der Waals surface area contributed by atoms with Crippen LogP contribution in [0.3, 0.4) is 0 Å². The number of rotatable bonds is 1. The van der Waals surface area contributed by atoms with Crippen LogP contribution in [0.2, 0.25) is 3.72 Å². The molecule has 1 nitrogen and oxygen atoms in total. The Morgan fingerprint density at radius 2 is 2.10 bits per heavy atom. The second-order valence-electron chi connectivity index (χ2n) is 2.99. The van der Waals surface area contributed by atoms with E-state index in [1.54, 1.807) is 0 Å². The number of hydrogen-bond acceptors (Lipinski definition) is 1. The first-order valence-electron chi connectivity index (χ1n) is 3.45. The normalized spacial score (nSPS) is 31.6. The van der Waals surface area contributed by atoms with Gasteiger partial charge in [0.2, 0.25) is 0 Å². The van der Waals surface area contributed by atoms with E-state index in [0.29, 0.717) is 0 Å². The molecular weight excluding hydrogens is 158 g/mol. The van der Waals surface area contributed by atoms with Crippen LogP contribution in [0.25, 0.3) is 0 Å². The molecule has 0 aromatic heterocycles. The molecular formula is C8H13NTi. The summed E-state index contributed by atoms with van der Waals surface area (Å²) < 4.78 is 6.03. The van der Waals surface area contributed by atoms with Crippen LogP contribution in [0.1, 0.15) is 20.8 Å². The monoisotopic (exact) mass is 171 g/mol. The zero-order valence-corrected chi connectivity index (χ0v) is 8.29. The number of hydrogen-bond donors (Lipinski definition) is 1. The van der Waals surface area contributed by atoms with E-state index in [4.69, 9.17) is 4.22 Å². The molecule has 1 rings (SSSR count). The first-order valence-corrected chi connectivity index (χ1v) is 5.13. The Bertz CT molecular complexity index is 205. The molecule has 0 radical (unpaired) electrons. The molecule has 0 aliphatic heterocycles. The van der Waals surface area contributed by atoms with Gasteiger partial charge in [0.25, 0.3) is 0 Å². The van der Waals surface area contributed by atoms with Gasteiger partial charge < -0.3 is 0 Å². The third-order valence-corrected chi connectivity index (χ3v) is 4.12. The molecule has 0 aromatic rings. The van der Waals surface area contributed by atoms with Gasteiger partial charge in [-0.05, 0) is 0 Å². The van der Waals surface area contributed by atoms with Crippen molar-refractivity contribution in [1.82, 2.24) is 0 Å². The van der Waals surface area contributed by atoms with Crippen molar-refractivity contribution in [3.8, 4) is 0 Å². The van der Waals surface area contributed by atoms with Gasteiger partial charge in [-0.15, -0.1) is 0 Å². The predicted octanol–water partition coefficient (Wildman–Crippen LogP) is 2.03. The van der Waals surface area contributed by atoms with Gasteiger partial charge in [0.15, 0.2) is 0 Å². The molecule has 10 heavy (non-hydrogen) atoms. The van der Waals surface area contributed by atoms with E-state index in [1.165, 1.54) is 11.1 Å². The van der Waals surface area contributed by atoms with Crippen molar-refractivity contribution in [2.24, 2.45) is 4.22 Å². The molecule has 0 aromatic carbocycles. The van der Waals surface area contributed by atoms with Gasteiger partial charge in [0.05, 0.1) is 0 Å². The Morgan fingerprint density at radius 3 is 2.30 bits per heavy atom. The van der Waals surface area contributed by atoms with Gasteiger partial charge >= 0.3 is 71.4 Å². The van der Waals surface area contributed by atoms with Crippen LogP contribution in [0.4, 0.5) is 0 Å². The first kappa shape index (κ1) is 8.25. The summed E-state index contributed by atoms with van der Waals surface area (Å²) in [5.74, 6) is 0. The standard InChI is InChI=1S/C8H11.H2N.Ti/c1-6-4-5-7(2)8(6)3;;/h4-5H,1-3H3;1H2;/q;-1;+1. The van der Waals surface area contributed by atoms with Gasteiger partial charge in [-0.1, -0.05) is 0 Å². The summed E-state index contributed by atoms with van der Waals surface area (Å²) in [7, 11) is 0. The van der Waals surface area contributed by atoms with E-state index in [1.807, 2.05) is 0 Å². The molecule has 0 fully saturated rings. The Hall–Kier alpha value is 0.154. The minimum absolute atomic E-state index is 0.268. The molecule has 54 valence electrons. The van der Waals surface area contributed by atoms with Crippen LogP contribution in [-0.2, 0) is 19.4 Å². The summed E-state index contributed by atoms with van der Waals surface area (Å²) in [5.41, 5.74) is 2.87. The topological polar surface area (TPSA) is 26.0 Å². The summed E-state index contributed by atoms with van der Waals surface area (Å²) in [6.45, 7) is 6.57. The molecule has 0 amide bonds. The molecule has 1 unspecified atom stereocenters. The molecule has 0 bridgehead atoms. The predicted molar refractivity (Wildman–Crippen MR) is 40.1 cm³/mol. The summed E-state index contributed by atoms with van der Waals surface area (Å²) in [5, 5.41) is 0. The maximum absolute atomic E-state index is 5.76. The molecule has 2 heteroatoms. The van der Waals surface area contributed by atoms with Gasteiger partial charge in [-0.2, -0.15) is 0 Å². The van der Waals surface area contributed by atoms with Crippen LogP contribution < -0.4 is 4.22 Å². The van der Waals surface area contributed by atoms with E-state index in [0.717, 1.165) is 0 Å². The van der Waals surface area contributed by atoms with Crippen LogP contribution in [0.15, 0.2) is 23.3 Å². The SMILES string of the molecule is CC1=C(C)[C](C)([Ti][NH2])C=C1. The molecule has 2 N–H and O–H groups in total. The Morgan fingerprint density at radius 1 is 1.50 bits per heavy atom. The van der Waals surface area contributed by atoms with E-state index < -0.39 is 0 Å². The third-order valence-electron chi connectivity index (χ3n) is 2.34. The van der Waals surface area contributed by atoms with Crippen LogP contribution in [0, 0.1) is 0 Å². The number of allylic oxidation sites excluding steroid dienone is 4. The van der Waals surface area contributed by atoms with E-state index in [9.17, 15) is 0 Å². The summed E-state index contributed by atoms with van der Waals surface area (Å²) in [4.78, 5) is 0. The quantitative estimate of drug-likeness (QED) is 0.600. The molecule has 0 saturated carbocycles. The fourth-order valence-corrected chi connectivity index (χ4v) is 2.03. The van der Waals surface area contributed by atoms with Crippen molar-refractivity contribution in [2.75, 3.05) is 0 Å². The molecule has 0 spiro atoms. The Balaban J connectivity index is 2.96. The summed E-state index contributed by atoms with van der Waals surface area (Å²) in [6.07, 6.45) is 4.43. The second-order valence-corrected chi connectivity index (χ2v) is 5.06. The van der Waals surface area contributed by atoms with Gasteiger partial charge in [0.1, 0.15) is 0 Å². The van der Waals surface area contributed by atoms with Crippen LogP contribution in [-0.4, -0.2) is 0 Å². The average Bonchev–Trinajstić information content (AvgIpc) is 2.19. The average molecular weight is 171 g/mol. The van der Waals surface area contributed by atoms with Crippen molar-refractivity contribution >= 4 is 0 Å². The van der Waals surface area contributed by atoms with Crippen molar-refractivity contribution in [1.29, 1.82) is 0 Å². The van der Waals surface area contributed by atoms with Gasteiger partial charge in [0, 0.05) is 0 Å². The van der Waals surface area contributed by atoms with Gasteiger partial charge in [-0.3, -0.25) is 0 Å². The van der Waals surface area contributed by atoms with Crippen LogP contribution in [0.5, 0.6) is 0 Å². The van der Waals surface area contributed by atoms with E-state index in [2.05, 4.69) is 32.9 Å². The van der Waals surface area contributed by atoms with Crippen molar-refractivity contribution in [2.45, 2.75) is 24.5 Å². The second kappa shape index (κ2) is 2.65. The first-order chi connectivity index (χ1) is 4.60. The Kier molecular flexibility index (Phi) is 2.19. The van der Waals surface area contributed by atoms with E-state index >= 15 is 0 Å². The minimum atomic E-state index is -0.315. The zero-order valence-electron chi connectivity index (χ0n) is 6.73. The maximum atomic E-state index is 5.76. The zero-order chi connectivity index (χ0) is 7.78. The molecule has 0 heterocycles. The molecule has 0 saturated heterocycles.